The number of carbonyl (C=O) groups excluding carboxylic acids is 1. The highest BCUT2D eigenvalue weighted by Gasteiger charge is 2.25. The lowest BCUT2D eigenvalue weighted by atomic mass is 10.1. The molecule has 0 unspecified atom stereocenters. The van der Waals surface area contributed by atoms with Gasteiger partial charge in [-0.25, -0.2) is 5.10 Å². The van der Waals surface area contributed by atoms with Crippen LogP contribution in [0.25, 0.3) is 0 Å². The maximum absolute atomic E-state index is 12.8. The van der Waals surface area contributed by atoms with Crippen LogP contribution < -0.4 is 9.64 Å². The molecule has 7 heteroatoms. The zero-order chi connectivity index (χ0) is 16.2. The molecule has 1 aromatic heterocycles. The number of piperazine rings is 1. The summed E-state index contributed by atoms with van der Waals surface area (Å²) in [7, 11) is 0. The van der Waals surface area contributed by atoms with Crippen LogP contribution in [0.15, 0.2) is 30.6 Å². The van der Waals surface area contributed by atoms with Gasteiger partial charge in [0.05, 0.1) is 11.7 Å². The minimum atomic E-state index is 0.0125. The number of hydrogen-bond donors (Lipinski definition) is 1. The quantitative estimate of drug-likeness (QED) is 0.926. The summed E-state index contributed by atoms with van der Waals surface area (Å²) in [4.78, 5) is 20.9. The lowest BCUT2D eigenvalue weighted by molar-refractivity contribution is 0.0740. The van der Waals surface area contributed by atoms with E-state index in [4.69, 9.17) is 4.74 Å². The molecule has 1 saturated heterocycles. The van der Waals surface area contributed by atoms with Crippen molar-refractivity contribution in [3.63, 3.8) is 0 Å². The number of aromatic nitrogens is 3. The molecule has 0 atom stereocenters. The van der Waals surface area contributed by atoms with Crippen LogP contribution in [-0.4, -0.2) is 58.3 Å². The Bertz CT molecular complexity index is 648. The van der Waals surface area contributed by atoms with E-state index in [0.717, 1.165) is 19.0 Å². The molecule has 0 radical (unpaired) electrons. The van der Waals surface area contributed by atoms with Gasteiger partial charge in [-0.15, -0.1) is 0 Å². The third kappa shape index (κ3) is 3.44. The van der Waals surface area contributed by atoms with Gasteiger partial charge in [-0.2, -0.15) is 10.1 Å². The van der Waals surface area contributed by atoms with Crippen molar-refractivity contribution in [3.8, 4) is 5.75 Å². The Kier molecular flexibility index (Phi) is 4.45. The van der Waals surface area contributed by atoms with Crippen LogP contribution in [0.1, 0.15) is 24.2 Å². The maximum atomic E-state index is 12.8. The number of anilines is 1. The molecule has 7 nitrogen and oxygen atoms in total. The molecule has 0 spiro atoms. The zero-order valence-corrected chi connectivity index (χ0v) is 13.4. The molecular formula is C16H21N5O2. The lowest BCUT2D eigenvalue weighted by Gasteiger charge is -2.34. The molecule has 1 aliphatic rings. The molecule has 122 valence electrons. The van der Waals surface area contributed by atoms with E-state index in [1.54, 1.807) is 0 Å². The average molecular weight is 315 g/mol. The van der Waals surface area contributed by atoms with Crippen LogP contribution >= 0.6 is 0 Å². The van der Waals surface area contributed by atoms with Gasteiger partial charge in [0.15, 0.2) is 0 Å². The standard InChI is InChI=1S/C16H21N5O2/c1-12(2)23-14-6-4-3-5-13(14)15(22)20-7-9-21(10-8-20)16-17-11-18-19-16/h3-6,11-12H,7-10H2,1-2H3,(H,17,18,19). The average Bonchev–Trinajstić information content (AvgIpc) is 3.09. The van der Waals surface area contributed by atoms with Crippen molar-refractivity contribution in [2.24, 2.45) is 0 Å². The third-order valence-electron chi connectivity index (χ3n) is 3.75. The van der Waals surface area contributed by atoms with Gasteiger partial charge in [0.25, 0.3) is 5.91 Å². The first-order valence-corrected chi connectivity index (χ1v) is 7.80. The number of nitrogens with zero attached hydrogens (tertiary/aromatic N) is 4. The largest absolute Gasteiger partial charge is 0.490 e. The summed E-state index contributed by atoms with van der Waals surface area (Å²) < 4.78 is 5.76. The fourth-order valence-corrected chi connectivity index (χ4v) is 2.64. The predicted molar refractivity (Wildman–Crippen MR) is 86.7 cm³/mol. The van der Waals surface area contributed by atoms with E-state index in [1.165, 1.54) is 6.33 Å². The van der Waals surface area contributed by atoms with E-state index in [9.17, 15) is 4.79 Å². The van der Waals surface area contributed by atoms with Crippen molar-refractivity contribution < 1.29 is 9.53 Å². The van der Waals surface area contributed by atoms with Gasteiger partial charge in [0.2, 0.25) is 5.95 Å². The molecular weight excluding hydrogens is 294 g/mol. The Labute approximate surface area is 135 Å². The molecule has 23 heavy (non-hydrogen) atoms. The number of amides is 1. The van der Waals surface area contributed by atoms with Crippen molar-refractivity contribution in [3.05, 3.63) is 36.2 Å². The number of H-pyrrole nitrogens is 1. The highest BCUT2D eigenvalue weighted by atomic mass is 16.5. The molecule has 0 aliphatic carbocycles. The molecule has 2 heterocycles. The summed E-state index contributed by atoms with van der Waals surface area (Å²) in [6.07, 6.45) is 1.53. The van der Waals surface area contributed by atoms with Gasteiger partial charge in [-0.3, -0.25) is 4.79 Å². The maximum Gasteiger partial charge on any atom is 0.257 e. The van der Waals surface area contributed by atoms with Crippen LogP contribution in [0.4, 0.5) is 5.95 Å². The Balaban J connectivity index is 1.68. The molecule has 3 rings (SSSR count). The van der Waals surface area contributed by atoms with E-state index in [0.29, 0.717) is 24.4 Å². The first kappa shape index (κ1) is 15.3. The van der Waals surface area contributed by atoms with Crippen LogP contribution in [0, 0.1) is 0 Å². The first-order chi connectivity index (χ1) is 11.1. The Morgan fingerprint density at radius 2 is 1.96 bits per heavy atom. The first-order valence-electron chi connectivity index (χ1n) is 7.80. The Morgan fingerprint density at radius 1 is 1.22 bits per heavy atom. The van der Waals surface area contributed by atoms with E-state index < -0.39 is 0 Å². The summed E-state index contributed by atoms with van der Waals surface area (Å²) in [6.45, 7) is 6.67. The van der Waals surface area contributed by atoms with Crippen LogP contribution in [0.3, 0.4) is 0 Å². The zero-order valence-electron chi connectivity index (χ0n) is 13.4. The molecule has 1 fully saturated rings. The van der Waals surface area contributed by atoms with Crippen molar-refractivity contribution in [1.29, 1.82) is 0 Å². The molecule has 1 N–H and O–H groups in total. The highest BCUT2D eigenvalue weighted by Crippen LogP contribution is 2.22. The number of nitrogens with one attached hydrogen (secondary N) is 1. The second-order valence-electron chi connectivity index (χ2n) is 5.75. The van der Waals surface area contributed by atoms with Gasteiger partial charge in [-0.1, -0.05) is 12.1 Å². The monoisotopic (exact) mass is 315 g/mol. The van der Waals surface area contributed by atoms with Crippen LogP contribution in [0.5, 0.6) is 5.75 Å². The predicted octanol–water partition coefficient (Wildman–Crippen LogP) is 1.55. The van der Waals surface area contributed by atoms with Gasteiger partial charge in [0.1, 0.15) is 12.1 Å². The fraction of sp³-hybridized carbons (Fsp3) is 0.438. The molecule has 1 aliphatic heterocycles. The number of hydrogen-bond acceptors (Lipinski definition) is 5. The molecule has 1 aromatic carbocycles. The summed E-state index contributed by atoms with van der Waals surface area (Å²) in [5.74, 6) is 1.41. The van der Waals surface area contributed by atoms with E-state index in [2.05, 4.69) is 20.1 Å². The van der Waals surface area contributed by atoms with E-state index in [1.807, 2.05) is 43.0 Å². The normalized spacial score (nSPS) is 15.1. The SMILES string of the molecule is CC(C)Oc1ccccc1C(=O)N1CCN(c2ncn[nH]2)CC1. The number of aromatic amines is 1. The number of para-hydroxylation sites is 1. The van der Waals surface area contributed by atoms with E-state index in [-0.39, 0.29) is 12.0 Å². The Hall–Kier alpha value is -2.57. The summed E-state index contributed by atoms with van der Waals surface area (Å²) in [5, 5.41) is 6.72. The van der Waals surface area contributed by atoms with Gasteiger partial charge in [0, 0.05) is 26.2 Å². The Morgan fingerprint density at radius 3 is 2.61 bits per heavy atom. The number of ether oxygens (including phenoxy) is 1. The summed E-state index contributed by atoms with van der Waals surface area (Å²) in [5.41, 5.74) is 0.620. The van der Waals surface area contributed by atoms with Crippen molar-refractivity contribution in [2.75, 3.05) is 31.1 Å². The summed E-state index contributed by atoms with van der Waals surface area (Å²) >= 11 is 0. The van der Waals surface area contributed by atoms with Gasteiger partial charge < -0.3 is 14.5 Å². The third-order valence-corrected chi connectivity index (χ3v) is 3.75. The molecule has 2 aromatic rings. The molecule has 0 bridgehead atoms. The van der Waals surface area contributed by atoms with Crippen molar-refractivity contribution in [1.82, 2.24) is 20.1 Å². The van der Waals surface area contributed by atoms with Crippen LogP contribution in [0.2, 0.25) is 0 Å². The van der Waals surface area contributed by atoms with Crippen molar-refractivity contribution >= 4 is 11.9 Å². The molecule has 0 saturated carbocycles. The highest BCUT2D eigenvalue weighted by molar-refractivity contribution is 5.97. The topological polar surface area (TPSA) is 74.3 Å². The number of benzene rings is 1. The van der Waals surface area contributed by atoms with E-state index >= 15 is 0 Å². The smallest absolute Gasteiger partial charge is 0.257 e. The fourth-order valence-electron chi connectivity index (χ4n) is 2.64. The number of rotatable bonds is 4. The minimum absolute atomic E-state index is 0.0125. The lowest BCUT2D eigenvalue weighted by Crippen LogP contribution is -2.49. The number of carbonyl (C=O) groups is 1. The van der Waals surface area contributed by atoms with Gasteiger partial charge >= 0.3 is 0 Å². The minimum Gasteiger partial charge on any atom is -0.490 e. The van der Waals surface area contributed by atoms with Crippen LogP contribution in [-0.2, 0) is 0 Å². The second kappa shape index (κ2) is 6.68. The second-order valence-corrected chi connectivity index (χ2v) is 5.75. The van der Waals surface area contributed by atoms with Crippen molar-refractivity contribution in [2.45, 2.75) is 20.0 Å². The van der Waals surface area contributed by atoms with Gasteiger partial charge in [-0.05, 0) is 26.0 Å². The summed E-state index contributed by atoms with van der Waals surface area (Å²) in [6, 6.07) is 7.42. The molecule has 1 amide bonds.